The molecule has 1 aliphatic heterocycles. The third-order valence-corrected chi connectivity index (χ3v) is 4.35. The number of nitrogens with one attached hydrogen (secondary N) is 2. The van der Waals surface area contributed by atoms with E-state index >= 15 is 0 Å². The number of hydrogen-bond acceptors (Lipinski definition) is 5. The van der Waals surface area contributed by atoms with Crippen molar-refractivity contribution in [1.29, 1.82) is 0 Å². The van der Waals surface area contributed by atoms with Gasteiger partial charge in [-0.05, 0) is 43.2 Å². The second-order valence-electron chi connectivity index (χ2n) is 6.28. The first-order valence-electron chi connectivity index (χ1n) is 8.70. The van der Waals surface area contributed by atoms with Gasteiger partial charge in [0.15, 0.2) is 0 Å². The lowest BCUT2D eigenvalue weighted by atomic mass is 10.2. The van der Waals surface area contributed by atoms with E-state index in [1.807, 2.05) is 24.3 Å². The molecule has 2 N–H and O–H groups in total. The Morgan fingerprint density at radius 3 is 2.44 bits per heavy atom. The molecule has 1 aliphatic rings. The van der Waals surface area contributed by atoms with Gasteiger partial charge in [-0.25, -0.2) is 0 Å². The van der Waals surface area contributed by atoms with Crippen molar-refractivity contribution >= 4 is 28.9 Å². The van der Waals surface area contributed by atoms with Crippen LogP contribution in [0.1, 0.15) is 23.2 Å². The van der Waals surface area contributed by atoms with Gasteiger partial charge in [0.05, 0.1) is 11.5 Å². The highest BCUT2D eigenvalue weighted by molar-refractivity contribution is 5.99. The van der Waals surface area contributed by atoms with Gasteiger partial charge < -0.3 is 15.5 Å². The summed E-state index contributed by atoms with van der Waals surface area (Å²) in [5.74, 6) is -0.916. The molecule has 27 heavy (non-hydrogen) atoms. The largest absolute Gasteiger partial charge is 0.372 e. The third kappa shape index (κ3) is 4.81. The van der Waals surface area contributed by atoms with Crippen LogP contribution in [0.2, 0.25) is 0 Å². The van der Waals surface area contributed by atoms with E-state index in [-0.39, 0.29) is 23.7 Å². The number of carbonyl (C=O) groups excluding carboxylic acids is 2. The molecule has 1 saturated heterocycles. The summed E-state index contributed by atoms with van der Waals surface area (Å²) in [6.07, 6.45) is 2.39. The highest BCUT2D eigenvalue weighted by atomic mass is 16.6. The second kappa shape index (κ2) is 8.31. The molecule has 1 fully saturated rings. The molecule has 0 unspecified atom stereocenters. The molecule has 140 valence electrons. The highest BCUT2D eigenvalue weighted by Crippen LogP contribution is 2.22. The number of nitro benzene ring substituents is 1. The fourth-order valence-electron chi connectivity index (χ4n) is 2.96. The van der Waals surface area contributed by atoms with Crippen LogP contribution in [0.4, 0.5) is 17.1 Å². The third-order valence-electron chi connectivity index (χ3n) is 4.35. The van der Waals surface area contributed by atoms with E-state index in [9.17, 15) is 19.7 Å². The number of amides is 2. The Labute approximate surface area is 156 Å². The zero-order valence-electron chi connectivity index (χ0n) is 14.7. The Morgan fingerprint density at radius 2 is 1.78 bits per heavy atom. The molecule has 2 amide bonds. The number of carbonyl (C=O) groups is 2. The van der Waals surface area contributed by atoms with Crippen molar-refractivity contribution in [2.24, 2.45) is 0 Å². The molecule has 8 heteroatoms. The van der Waals surface area contributed by atoms with Crippen LogP contribution < -0.4 is 15.5 Å². The summed E-state index contributed by atoms with van der Waals surface area (Å²) in [6.45, 7) is 1.88. The second-order valence-corrected chi connectivity index (χ2v) is 6.28. The van der Waals surface area contributed by atoms with Crippen LogP contribution in [-0.2, 0) is 4.79 Å². The first-order chi connectivity index (χ1) is 13.0. The van der Waals surface area contributed by atoms with Crippen molar-refractivity contribution in [3.8, 4) is 0 Å². The van der Waals surface area contributed by atoms with Crippen LogP contribution in [-0.4, -0.2) is 36.4 Å². The van der Waals surface area contributed by atoms with E-state index < -0.39 is 10.8 Å². The van der Waals surface area contributed by atoms with Crippen LogP contribution in [0.15, 0.2) is 48.5 Å². The Bertz CT molecular complexity index is 845. The quantitative estimate of drug-likeness (QED) is 0.602. The number of rotatable bonds is 6. The molecule has 0 saturated carbocycles. The molecular weight excluding hydrogens is 348 g/mol. The Hall–Kier alpha value is -3.42. The van der Waals surface area contributed by atoms with Crippen molar-refractivity contribution in [2.75, 3.05) is 29.9 Å². The first-order valence-corrected chi connectivity index (χ1v) is 8.70. The summed E-state index contributed by atoms with van der Waals surface area (Å²) in [6, 6.07) is 12.9. The van der Waals surface area contributed by atoms with Gasteiger partial charge in [-0.2, -0.15) is 0 Å². The van der Waals surface area contributed by atoms with Gasteiger partial charge in [0.1, 0.15) is 0 Å². The molecule has 0 radical (unpaired) electrons. The minimum atomic E-state index is -0.574. The maximum atomic E-state index is 12.0. The van der Waals surface area contributed by atoms with E-state index in [1.54, 1.807) is 0 Å². The topological polar surface area (TPSA) is 105 Å². The number of benzene rings is 2. The van der Waals surface area contributed by atoms with E-state index in [0.717, 1.165) is 18.8 Å². The van der Waals surface area contributed by atoms with Crippen molar-refractivity contribution in [3.63, 3.8) is 0 Å². The van der Waals surface area contributed by atoms with Gasteiger partial charge in [0.2, 0.25) is 5.91 Å². The summed E-state index contributed by atoms with van der Waals surface area (Å²) in [4.78, 5) is 36.6. The minimum Gasteiger partial charge on any atom is -0.372 e. The molecule has 0 aromatic heterocycles. The molecule has 0 spiro atoms. The summed E-state index contributed by atoms with van der Waals surface area (Å²) in [5, 5.41) is 15.9. The van der Waals surface area contributed by atoms with Crippen LogP contribution >= 0.6 is 0 Å². The Morgan fingerprint density at radius 1 is 1.07 bits per heavy atom. The summed E-state index contributed by atoms with van der Waals surface area (Å²) in [7, 11) is 0. The average Bonchev–Trinajstić information content (AvgIpc) is 3.21. The molecule has 3 rings (SSSR count). The van der Waals surface area contributed by atoms with Gasteiger partial charge in [-0.1, -0.05) is 6.07 Å². The molecular formula is C19H20N4O4. The number of anilines is 2. The fraction of sp³-hybridized carbons (Fsp3) is 0.263. The van der Waals surface area contributed by atoms with Crippen LogP contribution in [0.25, 0.3) is 0 Å². The van der Waals surface area contributed by atoms with Crippen molar-refractivity contribution in [2.45, 2.75) is 12.8 Å². The lowest BCUT2D eigenvalue weighted by Gasteiger charge is -2.17. The molecule has 8 nitrogen and oxygen atoms in total. The molecule has 2 aromatic carbocycles. The van der Waals surface area contributed by atoms with Gasteiger partial charge in [-0.15, -0.1) is 0 Å². The number of nitro groups is 1. The van der Waals surface area contributed by atoms with E-state index in [2.05, 4.69) is 15.5 Å². The standard InChI is InChI=1S/C19H20N4O4/c24-18(13-20-19(25)14-4-3-5-17(12-14)23(26)27)21-15-6-8-16(9-7-15)22-10-1-2-11-22/h3-9,12H,1-2,10-11,13H2,(H,20,25)(H,21,24). The smallest absolute Gasteiger partial charge is 0.270 e. The van der Waals surface area contributed by atoms with Gasteiger partial charge >= 0.3 is 0 Å². The van der Waals surface area contributed by atoms with Crippen molar-refractivity contribution < 1.29 is 14.5 Å². The summed E-state index contributed by atoms with van der Waals surface area (Å²) >= 11 is 0. The Kier molecular flexibility index (Phi) is 5.65. The van der Waals surface area contributed by atoms with Crippen molar-refractivity contribution in [3.05, 3.63) is 64.2 Å². The Balaban J connectivity index is 1.51. The first kappa shape index (κ1) is 18.4. The maximum absolute atomic E-state index is 12.0. The number of non-ortho nitro benzene ring substituents is 1. The van der Waals surface area contributed by atoms with E-state index in [4.69, 9.17) is 0 Å². The normalized spacial score (nSPS) is 13.3. The van der Waals surface area contributed by atoms with Crippen LogP contribution in [0.3, 0.4) is 0 Å². The lowest BCUT2D eigenvalue weighted by molar-refractivity contribution is -0.384. The van der Waals surface area contributed by atoms with E-state index in [1.165, 1.54) is 37.1 Å². The maximum Gasteiger partial charge on any atom is 0.270 e. The van der Waals surface area contributed by atoms with E-state index in [0.29, 0.717) is 5.69 Å². The van der Waals surface area contributed by atoms with Gasteiger partial charge in [-0.3, -0.25) is 19.7 Å². The minimum absolute atomic E-state index is 0.131. The van der Waals surface area contributed by atoms with Crippen LogP contribution in [0, 0.1) is 10.1 Å². The summed E-state index contributed by atoms with van der Waals surface area (Å²) < 4.78 is 0. The van der Waals surface area contributed by atoms with Gasteiger partial charge in [0, 0.05) is 42.2 Å². The molecule has 0 aliphatic carbocycles. The predicted octanol–water partition coefficient (Wildman–Crippen LogP) is 2.56. The zero-order chi connectivity index (χ0) is 19.2. The predicted molar refractivity (Wildman–Crippen MR) is 102 cm³/mol. The van der Waals surface area contributed by atoms with Gasteiger partial charge in [0.25, 0.3) is 11.6 Å². The molecule has 0 atom stereocenters. The SMILES string of the molecule is O=C(CNC(=O)c1cccc([N+](=O)[O-])c1)Nc1ccc(N2CCCC2)cc1. The highest BCUT2D eigenvalue weighted by Gasteiger charge is 2.14. The number of hydrogen-bond donors (Lipinski definition) is 2. The van der Waals surface area contributed by atoms with Crippen LogP contribution in [0.5, 0.6) is 0 Å². The zero-order valence-corrected chi connectivity index (χ0v) is 14.7. The molecule has 2 aromatic rings. The lowest BCUT2D eigenvalue weighted by Crippen LogP contribution is -2.32. The summed E-state index contributed by atoms with van der Waals surface area (Å²) in [5.41, 5.74) is 1.73. The average molecular weight is 368 g/mol. The number of nitrogens with zero attached hydrogens (tertiary/aromatic N) is 2. The fourth-order valence-corrected chi connectivity index (χ4v) is 2.96. The molecule has 0 bridgehead atoms. The van der Waals surface area contributed by atoms with Crippen molar-refractivity contribution in [1.82, 2.24) is 5.32 Å². The monoisotopic (exact) mass is 368 g/mol. The molecule has 1 heterocycles.